The molecule has 2 rings (SSSR count). The maximum Gasteiger partial charge on any atom is 0.255 e. The van der Waals surface area contributed by atoms with Gasteiger partial charge in [-0.05, 0) is 36.6 Å². The second kappa shape index (κ2) is 7.68. The van der Waals surface area contributed by atoms with E-state index in [-0.39, 0.29) is 11.9 Å². The number of rotatable bonds is 6. The molecule has 0 saturated heterocycles. The van der Waals surface area contributed by atoms with Crippen molar-refractivity contribution in [3.63, 3.8) is 0 Å². The van der Waals surface area contributed by atoms with Crippen molar-refractivity contribution in [2.24, 2.45) is 0 Å². The number of methoxy groups -OCH3 is 2. The molecule has 0 aliphatic heterocycles. The van der Waals surface area contributed by atoms with E-state index >= 15 is 0 Å². The lowest BCUT2D eigenvalue weighted by Gasteiger charge is -2.17. The zero-order valence-corrected chi connectivity index (χ0v) is 14.1. The maximum absolute atomic E-state index is 12.6. The monoisotopic (exact) mass is 313 g/mol. The van der Waals surface area contributed by atoms with Crippen LogP contribution < -0.4 is 14.8 Å². The fourth-order valence-corrected chi connectivity index (χ4v) is 2.47. The van der Waals surface area contributed by atoms with E-state index in [0.717, 1.165) is 12.0 Å². The molecular formula is C19H23NO3. The van der Waals surface area contributed by atoms with Crippen molar-refractivity contribution in [2.75, 3.05) is 14.2 Å². The van der Waals surface area contributed by atoms with Crippen LogP contribution in [0.15, 0.2) is 42.5 Å². The molecule has 0 bridgehead atoms. The molecule has 0 aromatic heterocycles. The first-order valence-electron chi connectivity index (χ1n) is 7.71. The molecule has 0 radical (unpaired) electrons. The van der Waals surface area contributed by atoms with Crippen LogP contribution in [0.2, 0.25) is 0 Å². The summed E-state index contributed by atoms with van der Waals surface area (Å²) in [5, 5.41) is 3.00. The second-order valence-electron chi connectivity index (χ2n) is 5.33. The van der Waals surface area contributed by atoms with E-state index in [1.807, 2.05) is 19.1 Å². The average Bonchev–Trinajstić information content (AvgIpc) is 2.60. The Morgan fingerprint density at radius 1 is 1.09 bits per heavy atom. The topological polar surface area (TPSA) is 47.6 Å². The molecule has 122 valence electrons. The van der Waals surface area contributed by atoms with E-state index < -0.39 is 0 Å². The minimum Gasteiger partial charge on any atom is -0.493 e. The number of aryl methyl sites for hydroxylation is 1. The first kappa shape index (κ1) is 16.9. The molecule has 0 spiro atoms. The Balaban J connectivity index is 2.17. The Kier molecular flexibility index (Phi) is 5.63. The number of hydrogen-bond acceptors (Lipinski definition) is 3. The number of carbonyl (C=O) groups excluding carboxylic acids is 1. The summed E-state index contributed by atoms with van der Waals surface area (Å²) >= 11 is 0. The summed E-state index contributed by atoms with van der Waals surface area (Å²) in [5.74, 6) is 0.800. The molecular weight excluding hydrogens is 290 g/mol. The van der Waals surface area contributed by atoms with Gasteiger partial charge in [0.25, 0.3) is 5.91 Å². The van der Waals surface area contributed by atoms with Gasteiger partial charge in [0, 0.05) is 0 Å². The van der Waals surface area contributed by atoms with Gasteiger partial charge in [-0.25, -0.2) is 0 Å². The third kappa shape index (κ3) is 3.83. The van der Waals surface area contributed by atoms with Crippen molar-refractivity contribution in [3.8, 4) is 11.5 Å². The minimum atomic E-state index is -0.187. The van der Waals surface area contributed by atoms with Gasteiger partial charge in [-0.1, -0.05) is 37.3 Å². The number of nitrogens with one attached hydrogen (secondary N) is 1. The van der Waals surface area contributed by atoms with Gasteiger partial charge in [0.15, 0.2) is 11.5 Å². The van der Waals surface area contributed by atoms with Gasteiger partial charge in [-0.3, -0.25) is 4.79 Å². The van der Waals surface area contributed by atoms with E-state index in [4.69, 9.17) is 9.47 Å². The largest absolute Gasteiger partial charge is 0.493 e. The Morgan fingerprint density at radius 2 is 1.78 bits per heavy atom. The smallest absolute Gasteiger partial charge is 0.255 e. The van der Waals surface area contributed by atoms with Crippen LogP contribution in [0.4, 0.5) is 0 Å². The SMILES string of the molecule is CCc1ccc([C@H](C)NC(=O)c2cccc(OC)c2OC)cc1. The molecule has 2 aromatic carbocycles. The lowest BCUT2D eigenvalue weighted by atomic mass is 10.0. The predicted molar refractivity (Wildman–Crippen MR) is 91.2 cm³/mol. The van der Waals surface area contributed by atoms with E-state index in [9.17, 15) is 4.79 Å². The summed E-state index contributed by atoms with van der Waals surface area (Å²) in [6.45, 7) is 4.08. The van der Waals surface area contributed by atoms with Crippen LogP contribution in [-0.4, -0.2) is 20.1 Å². The van der Waals surface area contributed by atoms with Crippen LogP contribution >= 0.6 is 0 Å². The number of para-hydroxylation sites is 1. The molecule has 1 atom stereocenters. The molecule has 1 amide bonds. The highest BCUT2D eigenvalue weighted by molar-refractivity contribution is 5.98. The first-order chi connectivity index (χ1) is 11.1. The Bertz CT molecular complexity index is 665. The highest BCUT2D eigenvalue weighted by atomic mass is 16.5. The second-order valence-corrected chi connectivity index (χ2v) is 5.33. The van der Waals surface area contributed by atoms with Crippen molar-refractivity contribution in [1.82, 2.24) is 5.32 Å². The van der Waals surface area contributed by atoms with Crippen LogP contribution in [-0.2, 0) is 6.42 Å². The summed E-state index contributed by atoms with van der Waals surface area (Å²) in [6, 6.07) is 13.4. The Labute approximate surface area is 137 Å². The number of hydrogen-bond donors (Lipinski definition) is 1. The zero-order valence-electron chi connectivity index (χ0n) is 14.1. The molecule has 4 nitrogen and oxygen atoms in total. The summed E-state index contributed by atoms with van der Waals surface area (Å²) in [4.78, 5) is 12.6. The summed E-state index contributed by atoms with van der Waals surface area (Å²) in [6.07, 6.45) is 1.00. The lowest BCUT2D eigenvalue weighted by Crippen LogP contribution is -2.27. The molecule has 0 aliphatic rings. The quantitative estimate of drug-likeness (QED) is 0.883. The van der Waals surface area contributed by atoms with Crippen LogP contribution in [0.25, 0.3) is 0 Å². The van der Waals surface area contributed by atoms with E-state index in [1.165, 1.54) is 12.7 Å². The van der Waals surface area contributed by atoms with Gasteiger partial charge < -0.3 is 14.8 Å². The predicted octanol–water partition coefficient (Wildman–Crippen LogP) is 3.76. The third-order valence-corrected chi connectivity index (χ3v) is 3.88. The van der Waals surface area contributed by atoms with Gasteiger partial charge in [-0.2, -0.15) is 0 Å². The van der Waals surface area contributed by atoms with E-state index in [0.29, 0.717) is 17.1 Å². The van der Waals surface area contributed by atoms with E-state index in [2.05, 4.69) is 24.4 Å². The highest BCUT2D eigenvalue weighted by Crippen LogP contribution is 2.31. The first-order valence-corrected chi connectivity index (χ1v) is 7.71. The van der Waals surface area contributed by atoms with Crippen LogP contribution in [0.3, 0.4) is 0 Å². The van der Waals surface area contributed by atoms with Crippen LogP contribution in [0.1, 0.15) is 41.4 Å². The lowest BCUT2D eigenvalue weighted by molar-refractivity contribution is 0.0936. The normalized spacial score (nSPS) is 11.7. The third-order valence-electron chi connectivity index (χ3n) is 3.88. The Morgan fingerprint density at radius 3 is 2.35 bits per heavy atom. The van der Waals surface area contributed by atoms with Gasteiger partial charge >= 0.3 is 0 Å². The molecule has 0 aliphatic carbocycles. The average molecular weight is 313 g/mol. The standard InChI is InChI=1S/C19H23NO3/c1-5-14-9-11-15(12-10-14)13(2)20-19(21)16-7-6-8-17(22-3)18(16)23-4/h6-13H,5H2,1-4H3,(H,20,21)/t13-/m0/s1. The van der Waals surface area contributed by atoms with Crippen molar-refractivity contribution in [2.45, 2.75) is 26.3 Å². The van der Waals surface area contributed by atoms with Gasteiger partial charge in [0.2, 0.25) is 0 Å². The highest BCUT2D eigenvalue weighted by Gasteiger charge is 2.18. The van der Waals surface area contributed by atoms with Crippen molar-refractivity contribution < 1.29 is 14.3 Å². The minimum absolute atomic E-state index is 0.0932. The molecule has 23 heavy (non-hydrogen) atoms. The molecule has 2 aromatic rings. The zero-order chi connectivity index (χ0) is 16.8. The van der Waals surface area contributed by atoms with Gasteiger partial charge in [-0.15, -0.1) is 0 Å². The molecule has 0 heterocycles. The van der Waals surface area contributed by atoms with Crippen molar-refractivity contribution >= 4 is 5.91 Å². The fraction of sp³-hybridized carbons (Fsp3) is 0.316. The number of ether oxygens (including phenoxy) is 2. The number of amides is 1. The Hall–Kier alpha value is -2.49. The van der Waals surface area contributed by atoms with E-state index in [1.54, 1.807) is 25.3 Å². The molecule has 1 N–H and O–H groups in total. The van der Waals surface area contributed by atoms with Crippen molar-refractivity contribution in [1.29, 1.82) is 0 Å². The van der Waals surface area contributed by atoms with Crippen LogP contribution in [0, 0.1) is 0 Å². The molecule has 0 saturated carbocycles. The summed E-state index contributed by atoms with van der Waals surface area (Å²) in [5.41, 5.74) is 2.81. The number of benzene rings is 2. The van der Waals surface area contributed by atoms with Gasteiger partial charge in [0.1, 0.15) is 0 Å². The molecule has 0 fully saturated rings. The van der Waals surface area contributed by atoms with Crippen LogP contribution in [0.5, 0.6) is 11.5 Å². The summed E-state index contributed by atoms with van der Waals surface area (Å²) in [7, 11) is 3.08. The maximum atomic E-state index is 12.6. The summed E-state index contributed by atoms with van der Waals surface area (Å²) < 4.78 is 10.6. The van der Waals surface area contributed by atoms with Crippen molar-refractivity contribution in [3.05, 3.63) is 59.2 Å². The molecule has 4 heteroatoms. The van der Waals surface area contributed by atoms with Gasteiger partial charge in [0.05, 0.1) is 25.8 Å². The molecule has 0 unspecified atom stereocenters. The fourth-order valence-electron chi connectivity index (χ4n) is 2.47. The number of carbonyl (C=O) groups is 1.